The molecule has 1 aliphatic heterocycles. The van der Waals surface area contributed by atoms with E-state index in [0.717, 1.165) is 29.6 Å². The molecule has 4 aromatic rings. The van der Waals surface area contributed by atoms with E-state index in [1.165, 1.54) is 11.7 Å². The van der Waals surface area contributed by atoms with E-state index in [-0.39, 0.29) is 25.0 Å². The van der Waals surface area contributed by atoms with Crippen molar-refractivity contribution < 1.29 is 19.1 Å². The SMILES string of the molecule is COc1cccc(NC(=O)Cn2c(=O)n(-c3ccc(CC(=O)NC[C@@H]4CCCO4)cc3)c(=O)c3ccccc32)c1. The molecule has 1 aromatic heterocycles. The lowest BCUT2D eigenvalue weighted by atomic mass is 10.1. The third-order valence-corrected chi connectivity index (χ3v) is 6.82. The van der Waals surface area contributed by atoms with Crippen LogP contribution in [0.25, 0.3) is 16.6 Å². The van der Waals surface area contributed by atoms with Gasteiger partial charge in [0.05, 0.1) is 36.2 Å². The summed E-state index contributed by atoms with van der Waals surface area (Å²) < 4.78 is 13.1. The summed E-state index contributed by atoms with van der Waals surface area (Å²) >= 11 is 0. The highest BCUT2D eigenvalue weighted by molar-refractivity contribution is 5.92. The van der Waals surface area contributed by atoms with Crippen molar-refractivity contribution in [2.75, 3.05) is 25.6 Å². The molecule has 2 N–H and O–H groups in total. The smallest absolute Gasteiger partial charge is 0.336 e. The Bertz CT molecular complexity index is 1650. The predicted molar refractivity (Wildman–Crippen MR) is 151 cm³/mol. The molecule has 2 heterocycles. The van der Waals surface area contributed by atoms with Crippen LogP contribution in [0.5, 0.6) is 5.75 Å². The largest absolute Gasteiger partial charge is 0.497 e. The zero-order valence-corrected chi connectivity index (χ0v) is 22.1. The van der Waals surface area contributed by atoms with Crippen LogP contribution in [-0.4, -0.2) is 47.3 Å². The molecule has 0 spiro atoms. The maximum absolute atomic E-state index is 13.6. The number of fused-ring (bicyclic) bond motifs is 1. The summed E-state index contributed by atoms with van der Waals surface area (Å²) in [5.74, 6) is 0.0170. The first-order chi connectivity index (χ1) is 19.4. The van der Waals surface area contributed by atoms with Crippen LogP contribution in [0, 0.1) is 0 Å². The van der Waals surface area contributed by atoms with Crippen molar-refractivity contribution in [2.45, 2.75) is 31.9 Å². The normalized spacial score (nSPS) is 14.7. The van der Waals surface area contributed by atoms with Gasteiger partial charge in [-0.2, -0.15) is 0 Å². The topological polar surface area (TPSA) is 121 Å². The Kier molecular flexibility index (Phi) is 8.07. The number of nitrogens with one attached hydrogen (secondary N) is 2. The summed E-state index contributed by atoms with van der Waals surface area (Å²) in [6.07, 6.45) is 2.17. The zero-order chi connectivity index (χ0) is 28.1. The van der Waals surface area contributed by atoms with Gasteiger partial charge in [0.15, 0.2) is 0 Å². The fourth-order valence-electron chi connectivity index (χ4n) is 4.79. The average molecular weight is 543 g/mol. The number of hydrogen-bond donors (Lipinski definition) is 2. The summed E-state index contributed by atoms with van der Waals surface area (Å²) in [4.78, 5) is 52.3. The number of para-hydroxylation sites is 1. The number of nitrogens with zero attached hydrogens (tertiary/aromatic N) is 2. The fraction of sp³-hybridized carbons (Fsp3) is 0.267. The molecule has 0 saturated carbocycles. The number of aromatic nitrogens is 2. The van der Waals surface area contributed by atoms with Gasteiger partial charge in [-0.3, -0.25) is 19.0 Å². The van der Waals surface area contributed by atoms with Crippen LogP contribution in [0.2, 0.25) is 0 Å². The molecule has 10 nitrogen and oxygen atoms in total. The first-order valence-corrected chi connectivity index (χ1v) is 13.1. The first-order valence-electron chi connectivity index (χ1n) is 13.1. The van der Waals surface area contributed by atoms with Crippen LogP contribution >= 0.6 is 0 Å². The molecule has 0 aliphatic carbocycles. The molecule has 3 aromatic carbocycles. The van der Waals surface area contributed by atoms with E-state index in [1.54, 1.807) is 72.8 Å². The predicted octanol–water partition coefficient (Wildman–Crippen LogP) is 2.64. The van der Waals surface area contributed by atoms with Crippen LogP contribution in [-0.2, 0) is 27.3 Å². The van der Waals surface area contributed by atoms with Crippen molar-refractivity contribution in [3.8, 4) is 11.4 Å². The van der Waals surface area contributed by atoms with Crippen molar-refractivity contribution in [2.24, 2.45) is 0 Å². The maximum atomic E-state index is 13.6. The van der Waals surface area contributed by atoms with Crippen molar-refractivity contribution in [3.63, 3.8) is 0 Å². The van der Waals surface area contributed by atoms with Gasteiger partial charge in [-0.25, -0.2) is 9.36 Å². The minimum Gasteiger partial charge on any atom is -0.497 e. The molecule has 0 radical (unpaired) electrons. The van der Waals surface area contributed by atoms with Crippen LogP contribution < -0.4 is 26.6 Å². The maximum Gasteiger partial charge on any atom is 0.336 e. The van der Waals surface area contributed by atoms with Gasteiger partial charge < -0.3 is 20.1 Å². The van der Waals surface area contributed by atoms with E-state index in [9.17, 15) is 19.2 Å². The van der Waals surface area contributed by atoms with Crippen molar-refractivity contribution in [1.82, 2.24) is 14.5 Å². The number of anilines is 1. The second kappa shape index (κ2) is 12.0. The van der Waals surface area contributed by atoms with E-state index in [0.29, 0.717) is 34.6 Å². The summed E-state index contributed by atoms with van der Waals surface area (Å²) in [5, 5.41) is 5.96. The molecule has 10 heteroatoms. The van der Waals surface area contributed by atoms with Gasteiger partial charge in [0.25, 0.3) is 5.56 Å². The van der Waals surface area contributed by atoms with Gasteiger partial charge in [-0.05, 0) is 54.8 Å². The number of methoxy groups -OCH3 is 1. The second-order valence-electron chi connectivity index (χ2n) is 9.59. The lowest BCUT2D eigenvalue weighted by Crippen LogP contribution is -2.40. The monoisotopic (exact) mass is 542 g/mol. The van der Waals surface area contributed by atoms with E-state index < -0.39 is 17.2 Å². The van der Waals surface area contributed by atoms with Gasteiger partial charge in [-0.15, -0.1) is 0 Å². The van der Waals surface area contributed by atoms with Gasteiger partial charge >= 0.3 is 5.69 Å². The molecule has 1 atom stereocenters. The van der Waals surface area contributed by atoms with Crippen molar-refractivity contribution >= 4 is 28.4 Å². The van der Waals surface area contributed by atoms with Crippen molar-refractivity contribution in [1.29, 1.82) is 0 Å². The second-order valence-corrected chi connectivity index (χ2v) is 9.59. The van der Waals surface area contributed by atoms with E-state index >= 15 is 0 Å². The first kappa shape index (κ1) is 26.9. The third kappa shape index (κ3) is 5.97. The Morgan fingerprint density at radius 1 is 1.00 bits per heavy atom. The number of benzene rings is 3. The Labute approximate surface area is 230 Å². The molecule has 1 aliphatic rings. The molecule has 0 bridgehead atoms. The van der Waals surface area contributed by atoms with Crippen molar-refractivity contribution in [3.05, 3.63) is 99.2 Å². The minimum absolute atomic E-state index is 0.0610. The lowest BCUT2D eigenvalue weighted by Gasteiger charge is -2.15. The number of amides is 2. The Morgan fingerprint density at radius 2 is 1.80 bits per heavy atom. The van der Waals surface area contributed by atoms with Gasteiger partial charge in [0.1, 0.15) is 12.3 Å². The average Bonchev–Trinajstić information content (AvgIpc) is 3.49. The number of carbonyl (C=O) groups excluding carboxylic acids is 2. The molecule has 1 fully saturated rings. The molecule has 1 saturated heterocycles. The quantitative estimate of drug-likeness (QED) is 0.336. The highest BCUT2D eigenvalue weighted by Crippen LogP contribution is 2.17. The van der Waals surface area contributed by atoms with E-state index in [1.807, 2.05) is 0 Å². The highest BCUT2D eigenvalue weighted by Gasteiger charge is 2.18. The number of carbonyl (C=O) groups is 2. The summed E-state index contributed by atoms with van der Waals surface area (Å²) in [5.41, 5.74) is 0.810. The highest BCUT2D eigenvalue weighted by atomic mass is 16.5. The van der Waals surface area contributed by atoms with Crippen LogP contribution in [0.15, 0.2) is 82.4 Å². The molecule has 40 heavy (non-hydrogen) atoms. The van der Waals surface area contributed by atoms with Gasteiger partial charge in [0.2, 0.25) is 11.8 Å². The molecule has 206 valence electrons. The number of ether oxygens (including phenoxy) is 2. The summed E-state index contributed by atoms with van der Waals surface area (Å²) in [6.45, 7) is 0.902. The standard InChI is InChI=1S/C30H30N4O6/c1-39-23-7-4-6-21(17-23)32-28(36)19-33-26-10-3-2-9-25(26)29(37)34(30(33)38)22-13-11-20(12-14-22)16-27(35)31-18-24-8-5-15-40-24/h2-4,6-7,9-14,17,24H,5,8,15-16,18-19H2,1H3,(H,31,35)(H,32,36)/t24-/m0/s1. The van der Waals surface area contributed by atoms with E-state index in [2.05, 4.69) is 10.6 Å². The number of hydrogen-bond acceptors (Lipinski definition) is 6. The van der Waals surface area contributed by atoms with Gasteiger partial charge in [-0.1, -0.05) is 30.3 Å². The molecular weight excluding hydrogens is 512 g/mol. The zero-order valence-electron chi connectivity index (χ0n) is 22.1. The molecule has 2 amide bonds. The molecular formula is C30H30N4O6. The van der Waals surface area contributed by atoms with Crippen LogP contribution in [0.3, 0.4) is 0 Å². The summed E-state index contributed by atoms with van der Waals surface area (Å²) in [7, 11) is 1.53. The Balaban J connectivity index is 1.39. The molecule has 0 unspecified atom stereocenters. The van der Waals surface area contributed by atoms with Gasteiger partial charge in [0, 0.05) is 24.9 Å². The van der Waals surface area contributed by atoms with E-state index in [4.69, 9.17) is 9.47 Å². The lowest BCUT2D eigenvalue weighted by molar-refractivity contribution is -0.121. The third-order valence-electron chi connectivity index (χ3n) is 6.82. The van der Waals surface area contributed by atoms with Crippen LogP contribution in [0.4, 0.5) is 5.69 Å². The Morgan fingerprint density at radius 3 is 2.55 bits per heavy atom. The minimum atomic E-state index is -0.647. The van der Waals surface area contributed by atoms with Crippen LogP contribution in [0.1, 0.15) is 18.4 Å². The fourth-order valence-corrected chi connectivity index (χ4v) is 4.79. The Hall–Kier alpha value is -4.70. The number of rotatable bonds is 9. The molecule has 5 rings (SSSR count). The summed E-state index contributed by atoms with van der Waals surface area (Å²) in [6, 6.07) is 20.2.